The van der Waals surface area contributed by atoms with E-state index in [2.05, 4.69) is 5.32 Å². The zero-order valence-corrected chi connectivity index (χ0v) is 14.8. The smallest absolute Gasteiger partial charge is 0.337 e. The quantitative estimate of drug-likeness (QED) is 0.835. The van der Waals surface area contributed by atoms with Crippen LogP contribution in [0.3, 0.4) is 0 Å². The molecule has 0 spiro atoms. The number of carbonyl (C=O) groups excluding carboxylic acids is 2. The maximum atomic E-state index is 12.8. The molecule has 142 valence electrons. The molecule has 2 amide bonds. The van der Waals surface area contributed by atoms with Gasteiger partial charge in [-0.05, 0) is 29.8 Å². The number of anilines is 1. The van der Waals surface area contributed by atoms with Gasteiger partial charge in [0.1, 0.15) is 0 Å². The highest BCUT2D eigenvalue weighted by atomic mass is 35.5. The Balaban J connectivity index is 1.65. The second-order valence-electron chi connectivity index (χ2n) is 6.33. The van der Waals surface area contributed by atoms with Gasteiger partial charge in [0.15, 0.2) is 0 Å². The van der Waals surface area contributed by atoms with Gasteiger partial charge >= 0.3 is 6.18 Å². The van der Waals surface area contributed by atoms with E-state index in [0.717, 1.165) is 17.7 Å². The monoisotopic (exact) mass is 396 g/mol. The highest BCUT2D eigenvalue weighted by Crippen LogP contribution is 2.31. The standard InChI is InChI=1S/C19H16ClF3N2O2/c20-16-7-2-1-4-12(16)10-25-11-13(8-17(25)26)18(27)24-15-6-3-5-14(9-15)19(21,22)23/h1-7,9,13H,8,10-11H2,(H,24,27). The van der Waals surface area contributed by atoms with E-state index in [1.165, 1.54) is 17.0 Å². The highest BCUT2D eigenvalue weighted by molar-refractivity contribution is 6.31. The molecule has 2 aromatic rings. The van der Waals surface area contributed by atoms with E-state index >= 15 is 0 Å². The molecule has 1 fully saturated rings. The van der Waals surface area contributed by atoms with Crippen molar-refractivity contribution in [3.05, 3.63) is 64.7 Å². The molecule has 1 heterocycles. The Bertz CT molecular complexity index is 870. The number of likely N-dealkylation sites (tertiary alicyclic amines) is 1. The van der Waals surface area contributed by atoms with Crippen LogP contribution in [0.4, 0.5) is 18.9 Å². The number of hydrogen-bond acceptors (Lipinski definition) is 2. The number of carbonyl (C=O) groups is 2. The molecule has 2 aromatic carbocycles. The van der Waals surface area contributed by atoms with Crippen molar-refractivity contribution in [2.45, 2.75) is 19.1 Å². The van der Waals surface area contributed by atoms with Gasteiger partial charge in [-0.2, -0.15) is 13.2 Å². The van der Waals surface area contributed by atoms with Crippen molar-refractivity contribution in [3.63, 3.8) is 0 Å². The Labute approximate surface area is 158 Å². The first-order chi connectivity index (χ1) is 12.7. The van der Waals surface area contributed by atoms with Crippen LogP contribution in [0.5, 0.6) is 0 Å². The molecule has 0 aromatic heterocycles. The highest BCUT2D eigenvalue weighted by Gasteiger charge is 2.35. The summed E-state index contributed by atoms with van der Waals surface area (Å²) in [4.78, 5) is 26.1. The van der Waals surface area contributed by atoms with E-state index in [9.17, 15) is 22.8 Å². The average molecular weight is 397 g/mol. The van der Waals surface area contributed by atoms with Gasteiger partial charge in [0, 0.05) is 30.2 Å². The van der Waals surface area contributed by atoms with E-state index < -0.39 is 23.6 Å². The van der Waals surface area contributed by atoms with Gasteiger partial charge in [-0.1, -0.05) is 35.9 Å². The summed E-state index contributed by atoms with van der Waals surface area (Å²) in [6.45, 7) is 0.473. The summed E-state index contributed by atoms with van der Waals surface area (Å²) in [5.41, 5.74) is -0.0265. The average Bonchev–Trinajstić information content (AvgIpc) is 2.97. The third-order valence-corrected chi connectivity index (χ3v) is 4.73. The summed E-state index contributed by atoms with van der Waals surface area (Å²) >= 11 is 6.10. The van der Waals surface area contributed by atoms with Gasteiger partial charge in [0.05, 0.1) is 11.5 Å². The molecule has 4 nitrogen and oxygen atoms in total. The molecule has 0 saturated carbocycles. The van der Waals surface area contributed by atoms with Crippen LogP contribution in [0.1, 0.15) is 17.5 Å². The molecular weight excluding hydrogens is 381 g/mol. The van der Waals surface area contributed by atoms with Crippen LogP contribution in [-0.2, 0) is 22.3 Å². The first-order valence-electron chi connectivity index (χ1n) is 8.23. The summed E-state index contributed by atoms with van der Waals surface area (Å²) in [5, 5.41) is 3.00. The fourth-order valence-electron chi connectivity index (χ4n) is 2.95. The van der Waals surface area contributed by atoms with Gasteiger partial charge in [-0.3, -0.25) is 9.59 Å². The molecule has 1 aliphatic heterocycles. The van der Waals surface area contributed by atoms with Crippen molar-refractivity contribution in [3.8, 4) is 0 Å². The second kappa shape index (κ2) is 7.60. The normalized spacial score (nSPS) is 17.3. The Morgan fingerprint density at radius 2 is 1.93 bits per heavy atom. The third kappa shape index (κ3) is 4.60. The zero-order chi connectivity index (χ0) is 19.6. The minimum atomic E-state index is -4.49. The van der Waals surface area contributed by atoms with Gasteiger partial charge in [-0.15, -0.1) is 0 Å². The van der Waals surface area contributed by atoms with Crippen molar-refractivity contribution in [1.29, 1.82) is 0 Å². The lowest BCUT2D eigenvalue weighted by molar-refractivity contribution is -0.137. The van der Waals surface area contributed by atoms with Crippen molar-refractivity contribution >= 4 is 29.1 Å². The second-order valence-corrected chi connectivity index (χ2v) is 6.74. The predicted octanol–water partition coefficient (Wildman–Crippen LogP) is 4.35. The Kier molecular flexibility index (Phi) is 5.41. The molecule has 3 rings (SSSR count). The molecule has 0 bridgehead atoms. The van der Waals surface area contributed by atoms with Gasteiger partial charge in [-0.25, -0.2) is 0 Å². The lowest BCUT2D eigenvalue weighted by Gasteiger charge is -2.17. The third-order valence-electron chi connectivity index (χ3n) is 4.36. The minimum Gasteiger partial charge on any atom is -0.337 e. The maximum absolute atomic E-state index is 12.8. The zero-order valence-electron chi connectivity index (χ0n) is 14.1. The van der Waals surface area contributed by atoms with Crippen LogP contribution >= 0.6 is 11.6 Å². The number of nitrogens with one attached hydrogen (secondary N) is 1. The van der Waals surface area contributed by atoms with Crippen LogP contribution in [0, 0.1) is 5.92 Å². The van der Waals surface area contributed by atoms with Crippen LogP contribution in [0.25, 0.3) is 0 Å². The SMILES string of the molecule is O=C(Nc1cccc(C(F)(F)F)c1)C1CC(=O)N(Cc2ccccc2Cl)C1. The lowest BCUT2D eigenvalue weighted by Crippen LogP contribution is -2.28. The van der Waals surface area contributed by atoms with E-state index in [4.69, 9.17) is 11.6 Å². The molecule has 1 unspecified atom stereocenters. The number of hydrogen-bond donors (Lipinski definition) is 1. The number of halogens is 4. The molecule has 8 heteroatoms. The van der Waals surface area contributed by atoms with Crippen LogP contribution in [-0.4, -0.2) is 23.3 Å². The largest absolute Gasteiger partial charge is 0.416 e. The topological polar surface area (TPSA) is 49.4 Å². The number of nitrogens with zero attached hydrogens (tertiary/aromatic N) is 1. The first-order valence-corrected chi connectivity index (χ1v) is 8.61. The summed E-state index contributed by atoms with van der Waals surface area (Å²) in [7, 11) is 0. The Morgan fingerprint density at radius 3 is 2.63 bits per heavy atom. The molecule has 0 aliphatic carbocycles. The summed E-state index contributed by atoms with van der Waals surface area (Å²) in [6, 6.07) is 11.5. The minimum absolute atomic E-state index is 0.00917. The fourth-order valence-corrected chi connectivity index (χ4v) is 3.15. The molecule has 1 aliphatic rings. The number of amides is 2. The molecule has 1 N–H and O–H groups in total. The van der Waals surface area contributed by atoms with Crippen molar-refractivity contribution < 1.29 is 22.8 Å². The van der Waals surface area contributed by atoms with Crippen molar-refractivity contribution in [1.82, 2.24) is 4.90 Å². The molecule has 1 atom stereocenters. The summed E-state index contributed by atoms with van der Waals surface area (Å²) < 4.78 is 38.3. The van der Waals surface area contributed by atoms with Gasteiger partial charge in [0.2, 0.25) is 11.8 Å². The van der Waals surface area contributed by atoms with E-state index in [1.54, 1.807) is 24.3 Å². The van der Waals surface area contributed by atoms with Crippen molar-refractivity contribution in [2.24, 2.45) is 5.92 Å². The van der Waals surface area contributed by atoms with E-state index in [1.807, 2.05) is 0 Å². The molecule has 0 radical (unpaired) electrons. The number of alkyl halides is 3. The Hall–Kier alpha value is -2.54. The van der Waals surface area contributed by atoms with E-state index in [0.29, 0.717) is 5.02 Å². The lowest BCUT2D eigenvalue weighted by atomic mass is 10.1. The van der Waals surface area contributed by atoms with Gasteiger partial charge in [0.25, 0.3) is 0 Å². The summed E-state index contributed by atoms with van der Waals surface area (Å²) in [6.07, 6.45) is -4.48. The Morgan fingerprint density at radius 1 is 1.19 bits per heavy atom. The molecular formula is C19H16ClF3N2O2. The van der Waals surface area contributed by atoms with Crippen LogP contribution in [0.2, 0.25) is 5.02 Å². The molecule has 1 saturated heterocycles. The predicted molar refractivity (Wildman–Crippen MR) is 95.0 cm³/mol. The van der Waals surface area contributed by atoms with Gasteiger partial charge < -0.3 is 10.2 Å². The maximum Gasteiger partial charge on any atom is 0.416 e. The van der Waals surface area contributed by atoms with E-state index in [-0.39, 0.29) is 31.1 Å². The van der Waals surface area contributed by atoms with Crippen LogP contribution in [0.15, 0.2) is 48.5 Å². The first kappa shape index (κ1) is 19.2. The fraction of sp³-hybridized carbons (Fsp3) is 0.263. The number of rotatable bonds is 4. The summed E-state index contributed by atoms with van der Waals surface area (Å²) in [5.74, 6) is -1.31. The molecule has 27 heavy (non-hydrogen) atoms. The number of benzene rings is 2. The van der Waals surface area contributed by atoms with Crippen molar-refractivity contribution in [2.75, 3.05) is 11.9 Å². The van der Waals surface area contributed by atoms with Crippen LogP contribution < -0.4 is 5.32 Å².